The largest absolute Gasteiger partial charge is 0.507 e. The van der Waals surface area contributed by atoms with Crippen LogP contribution in [0, 0.1) is 0 Å². The van der Waals surface area contributed by atoms with E-state index in [4.69, 9.17) is 11.6 Å². The molecule has 1 N–H and O–H groups in total. The summed E-state index contributed by atoms with van der Waals surface area (Å²) < 4.78 is 0. The van der Waals surface area contributed by atoms with Crippen LogP contribution >= 0.6 is 11.6 Å². The molecule has 0 saturated carbocycles. The highest BCUT2D eigenvalue weighted by molar-refractivity contribution is 6.18. The minimum Gasteiger partial charge on any atom is -0.507 e. The Hall–Kier alpha value is -1.21. The number of benzene rings is 2. The van der Waals surface area contributed by atoms with Crippen LogP contribution in [-0.2, 0) is 5.41 Å². The van der Waals surface area contributed by atoms with Crippen LogP contribution in [0.5, 0.6) is 5.75 Å². The van der Waals surface area contributed by atoms with Crippen LogP contribution < -0.4 is 0 Å². The number of alkyl halides is 1. The Labute approximate surface area is 101 Å². The molecule has 0 fully saturated rings. The fourth-order valence-corrected chi connectivity index (χ4v) is 2.02. The van der Waals surface area contributed by atoms with Crippen LogP contribution in [0.2, 0.25) is 0 Å². The zero-order valence-electron chi connectivity index (χ0n) is 9.50. The minimum absolute atomic E-state index is 0.213. The van der Waals surface area contributed by atoms with Gasteiger partial charge in [0.2, 0.25) is 0 Å². The van der Waals surface area contributed by atoms with Crippen LogP contribution in [0.3, 0.4) is 0 Å². The number of phenolic OH excluding ortho intramolecular Hbond substituents is 1. The Kier molecular flexibility index (Phi) is 2.81. The summed E-state index contributed by atoms with van der Waals surface area (Å²) in [6, 6.07) is 11.8. The van der Waals surface area contributed by atoms with Gasteiger partial charge in [0, 0.05) is 22.2 Å². The van der Waals surface area contributed by atoms with E-state index in [1.807, 2.05) is 50.2 Å². The van der Waals surface area contributed by atoms with Crippen molar-refractivity contribution < 1.29 is 5.11 Å². The molecule has 1 nitrogen and oxygen atoms in total. The Morgan fingerprint density at radius 2 is 1.81 bits per heavy atom. The molecule has 84 valence electrons. The Bertz CT molecular complexity index is 517. The lowest BCUT2D eigenvalue weighted by molar-refractivity contribution is 0.454. The highest BCUT2D eigenvalue weighted by atomic mass is 35.5. The van der Waals surface area contributed by atoms with Crippen molar-refractivity contribution in [3.05, 3.63) is 42.0 Å². The molecule has 0 amide bonds. The van der Waals surface area contributed by atoms with Crippen molar-refractivity contribution in [2.75, 3.05) is 5.88 Å². The second kappa shape index (κ2) is 3.99. The van der Waals surface area contributed by atoms with Gasteiger partial charge < -0.3 is 5.11 Å². The fourth-order valence-electron chi connectivity index (χ4n) is 1.87. The molecule has 0 bridgehead atoms. The summed E-state index contributed by atoms with van der Waals surface area (Å²) in [6.07, 6.45) is 0. The molecule has 0 spiro atoms. The van der Waals surface area contributed by atoms with Crippen LogP contribution in [0.1, 0.15) is 19.4 Å². The van der Waals surface area contributed by atoms with E-state index in [1.165, 1.54) is 0 Å². The lowest BCUT2D eigenvalue weighted by Crippen LogP contribution is -2.19. The molecule has 0 aliphatic rings. The molecular weight excluding hydrogens is 220 g/mol. The summed E-state index contributed by atoms with van der Waals surface area (Å²) in [5, 5.41) is 12.2. The van der Waals surface area contributed by atoms with Gasteiger partial charge in [-0.05, 0) is 5.39 Å². The number of halogens is 1. The molecule has 0 unspecified atom stereocenters. The van der Waals surface area contributed by atoms with E-state index in [-0.39, 0.29) is 5.41 Å². The van der Waals surface area contributed by atoms with Gasteiger partial charge >= 0.3 is 0 Å². The van der Waals surface area contributed by atoms with Gasteiger partial charge in [-0.15, -0.1) is 11.6 Å². The van der Waals surface area contributed by atoms with Gasteiger partial charge in [0.25, 0.3) is 0 Å². The maximum Gasteiger partial charge on any atom is 0.127 e. The predicted octanol–water partition coefficient (Wildman–Crippen LogP) is 4.06. The average molecular weight is 235 g/mol. The molecule has 2 aromatic carbocycles. The molecule has 0 aliphatic carbocycles. The number of aromatic hydroxyl groups is 1. The number of hydrogen-bond acceptors (Lipinski definition) is 1. The first kappa shape index (κ1) is 11.3. The minimum atomic E-state index is -0.213. The van der Waals surface area contributed by atoms with Gasteiger partial charge in [-0.25, -0.2) is 0 Å². The van der Waals surface area contributed by atoms with Gasteiger partial charge in [-0.3, -0.25) is 0 Å². The summed E-state index contributed by atoms with van der Waals surface area (Å²) in [7, 11) is 0. The predicted molar refractivity (Wildman–Crippen MR) is 69.4 cm³/mol. The lowest BCUT2D eigenvalue weighted by Gasteiger charge is -2.23. The molecule has 2 heteroatoms. The van der Waals surface area contributed by atoms with Crippen molar-refractivity contribution in [3.8, 4) is 5.75 Å². The number of fused-ring (bicyclic) bond motifs is 1. The molecule has 2 aromatic rings. The summed E-state index contributed by atoms with van der Waals surface area (Å²) in [5.74, 6) is 0.836. The first-order valence-electron chi connectivity index (χ1n) is 5.33. The maximum absolute atomic E-state index is 10.3. The maximum atomic E-state index is 10.3. The third-order valence-electron chi connectivity index (χ3n) is 2.96. The second-order valence-corrected chi connectivity index (χ2v) is 4.97. The van der Waals surface area contributed by atoms with E-state index in [0.29, 0.717) is 11.6 Å². The molecule has 0 atom stereocenters. The smallest absolute Gasteiger partial charge is 0.127 e. The number of hydrogen-bond donors (Lipinski definition) is 1. The lowest BCUT2D eigenvalue weighted by atomic mass is 9.84. The van der Waals surface area contributed by atoms with Gasteiger partial charge in [-0.2, -0.15) is 0 Å². The molecule has 0 radical (unpaired) electrons. The first-order valence-corrected chi connectivity index (χ1v) is 5.87. The summed E-state index contributed by atoms with van der Waals surface area (Å²) in [4.78, 5) is 0. The van der Waals surface area contributed by atoms with Crippen LogP contribution in [0.25, 0.3) is 10.8 Å². The SMILES string of the molecule is CC(C)(CCl)c1ccc2ccccc2c1O. The molecule has 0 saturated heterocycles. The summed E-state index contributed by atoms with van der Waals surface area (Å²) >= 11 is 5.94. The zero-order chi connectivity index (χ0) is 11.8. The van der Waals surface area contributed by atoms with Gasteiger partial charge in [0.05, 0.1) is 0 Å². The monoisotopic (exact) mass is 234 g/mol. The van der Waals surface area contributed by atoms with Crippen molar-refractivity contribution in [3.63, 3.8) is 0 Å². The highest BCUT2D eigenvalue weighted by Crippen LogP contribution is 2.36. The topological polar surface area (TPSA) is 20.2 Å². The summed E-state index contributed by atoms with van der Waals surface area (Å²) in [5.41, 5.74) is 0.691. The van der Waals surface area contributed by atoms with Gasteiger partial charge in [-0.1, -0.05) is 50.2 Å². The Balaban J connectivity index is 2.70. The molecule has 0 aliphatic heterocycles. The normalized spacial score (nSPS) is 11.9. The molecular formula is C14H15ClO. The van der Waals surface area contributed by atoms with E-state index in [2.05, 4.69) is 0 Å². The first-order chi connectivity index (χ1) is 7.56. The van der Waals surface area contributed by atoms with Crippen molar-refractivity contribution >= 4 is 22.4 Å². The summed E-state index contributed by atoms with van der Waals surface area (Å²) in [6.45, 7) is 4.06. The van der Waals surface area contributed by atoms with Crippen molar-refractivity contribution in [2.45, 2.75) is 19.3 Å². The average Bonchev–Trinajstić information content (AvgIpc) is 2.29. The standard InChI is InChI=1S/C14H15ClO/c1-14(2,9-15)12-8-7-10-5-3-4-6-11(10)13(12)16/h3-8,16H,9H2,1-2H3. The van der Waals surface area contributed by atoms with Crippen LogP contribution in [0.4, 0.5) is 0 Å². The van der Waals surface area contributed by atoms with Crippen molar-refractivity contribution in [1.82, 2.24) is 0 Å². The third kappa shape index (κ3) is 1.76. The Morgan fingerprint density at radius 1 is 1.12 bits per heavy atom. The zero-order valence-corrected chi connectivity index (χ0v) is 10.3. The number of phenols is 1. The fraction of sp³-hybridized carbons (Fsp3) is 0.286. The van der Waals surface area contributed by atoms with E-state index in [9.17, 15) is 5.11 Å². The highest BCUT2D eigenvalue weighted by Gasteiger charge is 2.23. The van der Waals surface area contributed by atoms with Crippen LogP contribution in [-0.4, -0.2) is 11.0 Å². The van der Waals surface area contributed by atoms with Crippen LogP contribution in [0.15, 0.2) is 36.4 Å². The number of rotatable bonds is 2. The molecule has 0 aromatic heterocycles. The molecule has 0 heterocycles. The quantitative estimate of drug-likeness (QED) is 0.777. The van der Waals surface area contributed by atoms with E-state index < -0.39 is 0 Å². The molecule has 2 rings (SSSR count). The second-order valence-electron chi connectivity index (χ2n) is 4.70. The van der Waals surface area contributed by atoms with Crippen molar-refractivity contribution in [1.29, 1.82) is 0 Å². The van der Waals surface area contributed by atoms with E-state index in [1.54, 1.807) is 0 Å². The van der Waals surface area contributed by atoms with E-state index in [0.717, 1.165) is 16.3 Å². The molecule has 16 heavy (non-hydrogen) atoms. The van der Waals surface area contributed by atoms with Crippen molar-refractivity contribution in [2.24, 2.45) is 0 Å². The van der Waals surface area contributed by atoms with Gasteiger partial charge in [0.1, 0.15) is 5.75 Å². The van der Waals surface area contributed by atoms with Gasteiger partial charge in [0.15, 0.2) is 0 Å². The third-order valence-corrected chi connectivity index (χ3v) is 3.63. The Morgan fingerprint density at radius 3 is 2.50 bits per heavy atom. The van der Waals surface area contributed by atoms with E-state index >= 15 is 0 Å².